The van der Waals surface area contributed by atoms with Crippen molar-refractivity contribution < 1.29 is 9.53 Å². The highest BCUT2D eigenvalue weighted by atomic mass is 35.5. The van der Waals surface area contributed by atoms with Gasteiger partial charge < -0.3 is 9.64 Å². The predicted molar refractivity (Wildman–Crippen MR) is 96.1 cm³/mol. The zero-order chi connectivity index (χ0) is 16.9. The van der Waals surface area contributed by atoms with E-state index < -0.39 is 0 Å². The molecule has 1 heterocycles. The van der Waals surface area contributed by atoms with Gasteiger partial charge in [-0.3, -0.25) is 9.69 Å². The van der Waals surface area contributed by atoms with Crippen LogP contribution in [0.5, 0.6) is 0 Å². The number of morpholine rings is 1. The second-order valence-electron chi connectivity index (χ2n) is 6.96. The number of hydrogen-bond donors (Lipinski definition) is 0. The van der Waals surface area contributed by atoms with Crippen LogP contribution in [0.1, 0.15) is 38.2 Å². The van der Waals surface area contributed by atoms with Crippen molar-refractivity contribution in [1.29, 1.82) is 0 Å². The van der Waals surface area contributed by atoms with Crippen molar-refractivity contribution >= 4 is 17.5 Å². The Morgan fingerprint density at radius 3 is 2.79 bits per heavy atom. The first-order valence-electron chi connectivity index (χ1n) is 9.00. The second kappa shape index (κ2) is 8.32. The molecule has 4 nitrogen and oxygen atoms in total. The summed E-state index contributed by atoms with van der Waals surface area (Å²) < 4.78 is 5.55. The number of ether oxygens (including phenoxy) is 1. The quantitative estimate of drug-likeness (QED) is 0.816. The van der Waals surface area contributed by atoms with Crippen molar-refractivity contribution in [3.05, 3.63) is 34.9 Å². The minimum atomic E-state index is 0.131. The molecule has 1 saturated heterocycles. The monoisotopic (exact) mass is 350 g/mol. The largest absolute Gasteiger partial charge is 0.375 e. The predicted octanol–water partition coefficient (Wildman–Crippen LogP) is 3.33. The average molecular weight is 351 g/mol. The van der Waals surface area contributed by atoms with Crippen molar-refractivity contribution in [3.63, 3.8) is 0 Å². The van der Waals surface area contributed by atoms with Gasteiger partial charge in [0.2, 0.25) is 5.91 Å². The van der Waals surface area contributed by atoms with Gasteiger partial charge in [-0.2, -0.15) is 0 Å². The summed E-state index contributed by atoms with van der Waals surface area (Å²) in [5.41, 5.74) is 1.11. The minimum Gasteiger partial charge on any atom is -0.375 e. The Hall–Kier alpha value is -1.10. The topological polar surface area (TPSA) is 32.8 Å². The van der Waals surface area contributed by atoms with Crippen molar-refractivity contribution in [2.24, 2.45) is 0 Å². The third kappa shape index (κ3) is 4.50. The molecule has 1 aromatic rings. The van der Waals surface area contributed by atoms with Gasteiger partial charge >= 0.3 is 0 Å². The zero-order valence-electron chi connectivity index (χ0n) is 14.4. The maximum atomic E-state index is 12.8. The van der Waals surface area contributed by atoms with Gasteiger partial charge in [0.05, 0.1) is 19.3 Å². The van der Waals surface area contributed by atoms with Crippen molar-refractivity contribution in [3.8, 4) is 0 Å². The van der Waals surface area contributed by atoms with E-state index in [9.17, 15) is 4.79 Å². The van der Waals surface area contributed by atoms with Crippen LogP contribution in [0.25, 0.3) is 0 Å². The Bertz CT molecular complexity index is 560. The number of nitrogens with zero attached hydrogens (tertiary/aromatic N) is 2. The number of halogens is 1. The van der Waals surface area contributed by atoms with Crippen LogP contribution in [0.2, 0.25) is 5.02 Å². The molecule has 24 heavy (non-hydrogen) atoms. The number of benzene rings is 1. The van der Waals surface area contributed by atoms with E-state index in [-0.39, 0.29) is 12.0 Å². The van der Waals surface area contributed by atoms with Gasteiger partial charge in [-0.1, -0.05) is 42.6 Å². The Morgan fingerprint density at radius 2 is 2.08 bits per heavy atom. The zero-order valence-corrected chi connectivity index (χ0v) is 15.2. The van der Waals surface area contributed by atoms with Crippen LogP contribution < -0.4 is 0 Å². The highest BCUT2D eigenvalue weighted by molar-refractivity contribution is 6.31. The van der Waals surface area contributed by atoms with Crippen LogP contribution >= 0.6 is 11.6 Å². The molecule has 2 aliphatic rings. The molecule has 1 amide bonds. The summed E-state index contributed by atoms with van der Waals surface area (Å²) in [6, 6.07) is 8.44. The highest BCUT2D eigenvalue weighted by Crippen LogP contribution is 2.27. The van der Waals surface area contributed by atoms with Crippen LogP contribution in [0.15, 0.2) is 24.3 Å². The fourth-order valence-corrected chi connectivity index (χ4v) is 3.94. The molecule has 1 atom stereocenters. The number of amides is 1. The molecule has 1 aliphatic heterocycles. The lowest BCUT2D eigenvalue weighted by molar-refractivity contribution is -0.140. The summed E-state index contributed by atoms with van der Waals surface area (Å²) in [6.07, 6.45) is 5.00. The summed E-state index contributed by atoms with van der Waals surface area (Å²) in [5.74, 6) is 0.212. The molecule has 1 aromatic carbocycles. The first-order chi connectivity index (χ1) is 11.6. The Kier molecular flexibility index (Phi) is 6.14. The van der Waals surface area contributed by atoms with Crippen LogP contribution in [-0.4, -0.2) is 54.1 Å². The third-order valence-electron chi connectivity index (χ3n) is 5.10. The Balaban J connectivity index is 1.68. The summed E-state index contributed by atoms with van der Waals surface area (Å²) in [6.45, 7) is 5.29. The molecule has 1 unspecified atom stereocenters. The molecular weight excluding hydrogens is 324 g/mol. The summed E-state index contributed by atoms with van der Waals surface area (Å²) in [7, 11) is 0. The first-order valence-corrected chi connectivity index (χ1v) is 9.38. The van der Waals surface area contributed by atoms with E-state index in [1.165, 1.54) is 25.7 Å². The fourth-order valence-electron chi connectivity index (χ4n) is 3.75. The van der Waals surface area contributed by atoms with Gasteiger partial charge in [0.15, 0.2) is 0 Å². The first kappa shape index (κ1) is 17.7. The van der Waals surface area contributed by atoms with Crippen LogP contribution in [0.4, 0.5) is 0 Å². The minimum absolute atomic E-state index is 0.131. The van der Waals surface area contributed by atoms with E-state index in [0.717, 1.165) is 17.1 Å². The Morgan fingerprint density at radius 1 is 1.33 bits per heavy atom. The van der Waals surface area contributed by atoms with E-state index >= 15 is 0 Å². The molecule has 0 aromatic heterocycles. The molecule has 0 radical (unpaired) electrons. The van der Waals surface area contributed by atoms with Crippen molar-refractivity contribution in [2.45, 2.75) is 51.3 Å². The molecule has 0 bridgehead atoms. The fraction of sp³-hybridized carbons (Fsp3) is 0.632. The summed E-state index contributed by atoms with van der Waals surface area (Å²) in [5, 5.41) is 0.785. The van der Waals surface area contributed by atoms with E-state index in [4.69, 9.17) is 16.3 Å². The molecule has 2 fully saturated rings. The van der Waals surface area contributed by atoms with Gasteiger partial charge in [0.1, 0.15) is 0 Å². The lowest BCUT2D eigenvalue weighted by Gasteiger charge is -2.35. The van der Waals surface area contributed by atoms with Gasteiger partial charge in [-0.15, -0.1) is 0 Å². The van der Waals surface area contributed by atoms with Crippen LogP contribution in [0, 0.1) is 0 Å². The molecule has 0 N–H and O–H groups in total. The lowest BCUT2D eigenvalue weighted by Crippen LogP contribution is -2.49. The molecule has 1 saturated carbocycles. The third-order valence-corrected chi connectivity index (χ3v) is 5.47. The molecule has 0 spiro atoms. The van der Waals surface area contributed by atoms with Crippen LogP contribution in [0.3, 0.4) is 0 Å². The molecule has 5 heteroatoms. The van der Waals surface area contributed by atoms with Crippen LogP contribution in [-0.2, 0) is 16.1 Å². The van der Waals surface area contributed by atoms with Gasteiger partial charge in [-0.05, 0) is 31.4 Å². The van der Waals surface area contributed by atoms with Crippen molar-refractivity contribution in [1.82, 2.24) is 9.80 Å². The highest BCUT2D eigenvalue weighted by Gasteiger charge is 2.28. The van der Waals surface area contributed by atoms with Crippen molar-refractivity contribution in [2.75, 3.05) is 26.2 Å². The summed E-state index contributed by atoms with van der Waals surface area (Å²) >= 11 is 6.34. The normalized spacial score (nSPS) is 22.3. The van der Waals surface area contributed by atoms with E-state index in [1.54, 1.807) is 0 Å². The van der Waals surface area contributed by atoms with E-state index in [1.807, 2.05) is 30.0 Å². The maximum absolute atomic E-state index is 12.8. The Labute approximate surface area is 149 Å². The van der Waals surface area contributed by atoms with Gasteiger partial charge in [0, 0.05) is 30.7 Å². The summed E-state index contributed by atoms with van der Waals surface area (Å²) in [4.78, 5) is 17.1. The SMILES string of the molecule is CC1CN(C(=O)CN(Cc2ccccc2Cl)C2CCCC2)CCO1. The molecule has 132 valence electrons. The molecule has 1 aliphatic carbocycles. The van der Waals surface area contributed by atoms with Gasteiger partial charge in [0.25, 0.3) is 0 Å². The smallest absolute Gasteiger partial charge is 0.236 e. The van der Waals surface area contributed by atoms with E-state index in [2.05, 4.69) is 11.0 Å². The second-order valence-corrected chi connectivity index (χ2v) is 7.36. The lowest BCUT2D eigenvalue weighted by atomic mass is 10.1. The standard InChI is InChI=1S/C19H27ClN2O2/c1-15-12-21(10-11-24-15)19(23)14-22(17-7-3-4-8-17)13-16-6-2-5-9-18(16)20/h2,5-6,9,15,17H,3-4,7-8,10-14H2,1H3. The molecular formula is C19H27ClN2O2. The van der Waals surface area contributed by atoms with E-state index in [0.29, 0.717) is 32.3 Å². The molecule has 3 rings (SSSR count). The number of rotatable bonds is 5. The number of carbonyl (C=O) groups is 1. The average Bonchev–Trinajstić information content (AvgIpc) is 3.10. The van der Waals surface area contributed by atoms with Gasteiger partial charge in [-0.25, -0.2) is 0 Å². The number of hydrogen-bond acceptors (Lipinski definition) is 3. The number of carbonyl (C=O) groups excluding carboxylic acids is 1. The maximum Gasteiger partial charge on any atom is 0.236 e.